The third-order valence-electron chi connectivity index (χ3n) is 5.37. The predicted molar refractivity (Wildman–Crippen MR) is 137 cm³/mol. The minimum absolute atomic E-state index is 0.268. The largest absolute Gasteiger partial charge is 0.480 e. The quantitative estimate of drug-likeness (QED) is 0.0959. The third kappa shape index (κ3) is 15.4. The molecule has 0 bridgehead atoms. The molecule has 0 saturated heterocycles. The normalized spacial score (nSPS) is 14.6. The lowest BCUT2D eigenvalue weighted by Gasteiger charge is -2.18. The van der Waals surface area contributed by atoms with Crippen LogP contribution in [0, 0.1) is 11.8 Å². The van der Waals surface area contributed by atoms with Crippen molar-refractivity contribution in [1.29, 1.82) is 0 Å². The van der Waals surface area contributed by atoms with Gasteiger partial charge in [0.05, 0.1) is 0 Å². The Bertz CT molecular complexity index is 574. The van der Waals surface area contributed by atoms with E-state index in [2.05, 4.69) is 10.6 Å². The Balaban J connectivity index is 4.14. The summed E-state index contributed by atoms with van der Waals surface area (Å²) in [4.78, 5) is 47.2. The number of rotatable bonds is 21. The van der Waals surface area contributed by atoms with E-state index in [0.717, 1.165) is 12.8 Å². The maximum atomic E-state index is 12.3. The number of nitrogens with one attached hydrogen (secondary N) is 2. The van der Waals surface area contributed by atoms with Gasteiger partial charge in [0.25, 0.3) is 0 Å². The molecule has 0 aliphatic carbocycles. The Morgan fingerprint density at radius 3 is 1.32 bits per heavy atom. The number of hydrogen-bond acceptors (Lipinski definition) is 8. The van der Waals surface area contributed by atoms with Crippen LogP contribution in [-0.2, 0) is 19.2 Å². The monoisotopic (exact) mass is 522 g/mol. The standard InChI is InChI=1S/C22H42N4O6S2/c1-15(19(27)25-17(21(29)30)7-3-5-11-23)9-13-33-34-14-10-16(2)20(28)26-18(22(31)32)8-4-6-12-24/h15-18H,3-14,23-24H2,1-2H3,(H,25,27)(H,26,28)(H,29,30)(H,31,32)/t15-,16-,17-,18-/m0/s1. The van der Waals surface area contributed by atoms with Crippen molar-refractivity contribution in [3.05, 3.63) is 0 Å². The lowest BCUT2D eigenvalue weighted by atomic mass is 10.1. The second-order valence-electron chi connectivity index (χ2n) is 8.39. The van der Waals surface area contributed by atoms with Gasteiger partial charge in [-0.2, -0.15) is 0 Å². The Kier molecular flexibility index (Phi) is 18.9. The van der Waals surface area contributed by atoms with Gasteiger partial charge >= 0.3 is 11.9 Å². The summed E-state index contributed by atoms with van der Waals surface area (Å²) in [6, 6.07) is -1.78. The highest BCUT2D eigenvalue weighted by Gasteiger charge is 2.23. The van der Waals surface area contributed by atoms with E-state index in [0.29, 0.717) is 63.1 Å². The molecule has 0 unspecified atom stereocenters. The molecule has 0 heterocycles. The van der Waals surface area contributed by atoms with Crippen LogP contribution in [0.3, 0.4) is 0 Å². The number of carboxylic acid groups (broad SMARTS) is 2. The number of unbranched alkanes of at least 4 members (excludes halogenated alkanes) is 2. The number of carboxylic acids is 2. The van der Waals surface area contributed by atoms with Crippen LogP contribution < -0.4 is 22.1 Å². The summed E-state index contributed by atoms with van der Waals surface area (Å²) in [6.45, 7) is 4.54. The molecule has 0 aromatic heterocycles. The minimum Gasteiger partial charge on any atom is -0.480 e. The fraction of sp³-hybridized carbons (Fsp3) is 0.818. The molecule has 0 aliphatic heterocycles. The number of nitrogens with two attached hydrogens (primary N) is 2. The van der Waals surface area contributed by atoms with Crippen LogP contribution in [0.25, 0.3) is 0 Å². The molecule has 34 heavy (non-hydrogen) atoms. The Labute approximate surface area is 210 Å². The number of carbonyl (C=O) groups is 4. The first-order chi connectivity index (χ1) is 16.1. The first kappa shape index (κ1) is 32.5. The van der Waals surface area contributed by atoms with Gasteiger partial charge in [-0.25, -0.2) is 9.59 Å². The topological polar surface area (TPSA) is 185 Å². The molecule has 8 N–H and O–H groups in total. The average molecular weight is 523 g/mol. The number of aliphatic carboxylic acids is 2. The minimum atomic E-state index is -1.04. The molecule has 0 spiro atoms. The van der Waals surface area contributed by atoms with E-state index in [1.54, 1.807) is 35.4 Å². The zero-order valence-corrected chi connectivity index (χ0v) is 21.9. The summed E-state index contributed by atoms with van der Waals surface area (Å²) in [5.74, 6) is -1.79. The van der Waals surface area contributed by atoms with Crippen molar-refractivity contribution in [3.63, 3.8) is 0 Å². The third-order valence-corrected chi connectivity index (χ3v) is 7.84. The van der Waals surface area contributed by atoms with E-state index < -0.39 is 24.0 Å². The van der Waals surface area contributed by atoms with Crippen LogP contribution in [0.2, 0.25) is 0 Å². The van der Waals surface area contributed by atoms with Crippen molar-refractivity contribution >= 4 is 45.3 Å². The van der Waals surface area contributed by atoms with Crippen LogP contribution in [0.1, 0.15) is 65.2 Å². The predicted octanol–water partition coefficient (Wildman–Crippen LogP) is 1.82. The second-order valence-corrected chi connectivity index (χ2v) is 11.1. The zero-order valence-electron chi connectivity index (χ0n) is 20.3. The van der Waals surface area contributed by atoms with Gasteiger partial charge in [0.2, 0.25) is 11.8 Å². The summed E-state index contributed by atoms with van der Waals surface area (Å²) in [5, 5.41) is 23.7. The molecule has 198 valence electrons. The van der Waals surface area contributed by atoms with Crippen LogP contribution >= 0.6 is 21.6 Å². The van der Waals surface area contributed by atoms with E-state index >= 15 is 0 Å². The van der Waals surface area contributed by atoms with Crippen LogP contribution in [0.15, 0.2) is 0 Å². The summed E-state index contributed by atoms with van der Waals surface area (Å²) in [6.07, 6.45) is 4.68. The van der Waals surface area contributed by atoms with Crippen LogP contribution in [-0.4, -0.2) is 70.6 Å². The van der Waals surface area contributed by atoms with Crippen molar-refractivity contribution in [3.8, 4) is 0 Å². The van der Waals surface area contributed by atoms with Gasteiger partial charge < -0.3 is 32.3 Å². The Hall–Kier alpha value is -1.50. The lowest BCUT2D eigenvalue weighted by molar-refractivity contribution is -0.142. The van der Waals surface area contributed by atoms with E-state index in [1.165, 1.54) is 0 Å². The average Bonchev–Trinajstić information content (AvgIpc) is 2.79. The summed E-state index contributed by atoms with van der Waals surface area (Å²) < 4.78 is 0. The molecule has 0 fully saturated rings. The van der Waals surface area contributed by atoms with E-state index in [-0.39, 0.29) is 23.7 Å². The molecule has 2 amide bonds. The van der Waals surface area contributed by atoms with Crippen molar-refractivity contribution in [2.24, 2.45) is 23.3 Å². The maximum Gasteiger partial charge on any atom is 0.326 e. The highest BCUT2D eigenvalue weighted by atomic mass is 33.1. The van der Waals surface area contributed by atoms with Crippen molar-refractivity contribution < 1.29 is 29.4 Å². The SMILES string of the molecule is C[C@@H](CCSSCC[C@H](C)C(=O)N[C@@H](CCCCN)C(=O)O)C(=O)N[C@@H](CCCCN)C(=O)O. The van der Waals surface area contributed by atoms with Gasteiger partial charge in [0, 0.05) is 23.3 Å². The number of amides is 2. The Morgan fingerprint density at radius 1 is 0.676 bits per heavy atom. The smallest absolute Gasteiger partial charge is 0.326 e. The van der Waals surface area contributed by atoms with Crippen molar-refractivity contribution in [1.82, 2.24) is 10.6 Å². The lowest BCUT2D eigenvalue weighted by Crippen LogP contribution is -2.43. The molecule has 10 nitrogen and oxygen atoms in total. The molecule has 0 aromatic carbocycles. The molecule has 0 aliphatic rings. The summed E-state index contributed by atoms with van der Waals surface area (Å²) >= 11 is 0. The highest BCUT2D eigenvalue weighted by molar-refractivity contribution is 8.76. The Morgan fingerprint density at radius 2 is 1.03 bits per heavy atom. The molecular formula is C22H42N4O6S2. The van der Waals surface area contributed by atoms with E-state index in [9.17, 15) is 29.4 Å². The van der Waals surface area contributed by atoms with Gasteiger partial charge in [-0.3, -0.25) is 9.59 Å². The summed E-state index contributed by atoms with van der Waals surface area (Å²) in [7, 11) is 3.19. The summed E-state index contributed by atoms with van der Waals surface area (Å²) in [5.41, 5.74) is 10.9. The molecule has 0 saturated carbocycles. The van der Waals surface area contributed by atoms with E-state index in [1.807, 2.05) is 0 Å². The fourth-order valence-corrected chi connectivity index (χ4v) is 5.38. The van der Waals surface area contributed by atoms with Crippen molar-refractivity contribution in [2.75, 3.05) is 24.6 Å². The molecular weight excluding hydrogens is 480 g/mol. The second kappa shape index (κ2) is 19.8. The molecule has 4 atom stereocenters. The maximum absolute atomic E-state index is 12.3. The number of hydrogen-bond donors (Lipinski definition) is 6. The molecule has 0 rings (SSSR count). The van der Waals surface area contributed by atoms with Gasteiger partial charge in [-0.05, 0) is 64.5 Å². The molecule has 0 aromatic rings. The fourth-order valence-electron chi connectivity index (χ4n) is 2.96. The van der Waals surface area contributed by atoms with Crippen LogP contribution in [0.4, 0.5) is 0 Å². The van der Waals surface area contributed by atoms with Crippen molar-refractivity contribution in [2.45, 2.75) is 77.3 Å². The highest BCUT2D eigenvalue weighted by Crippen LogP contribution is 2.26. The first-order valence-electron chi connectivity index (χ1n) is 11.8. The van der Waals surface area contributed by atoms with E-state index in [4.69, 9.17) is 11.5 Å². The van der Waals surface area contributed by atoms with Gasteiger partial charge in [0.15, 0.2) is 0 Å². The molecule has 12 heteroatoms. The zero-order chi connectivity index (χ0) is 25.9. The van der Waals surface area contributed by atoms with Gasteiger partial charge in [-0.1, -0.05) is 35.4 Å². The first-order valence-corrected chi connectivity index (χ1v) is 14.3. The number of carbonyl (C=O) groups excluding carboxylic acids is 2. The van der Waals surface area contributed by atoms with Crippen LogP contribution in [0.5, 0.6) is 0 Å². The van der Waals surface area contributed by atoms with Gasteiger partial charge in [-0.15, -0.1) is 0 Å². The van der Waals surface area contributed by atoms with Gasteiger partial charge in [0.1, 0.15) is 12.1 Å². The molecule has 0 radical (unpaired) electrons.